The molecule has 1 fully saturated rings. The topological polar surface area (TPSA) is 30.5 Å². The Morgan fingerprint density at radius 3 is 2.24 bits per heavy atom. The van der Waals surface area contributed by atoms with Crippen LogP contribution in [0.4, 0.5) is 0 Å². The second-order valence-corrected chi connectivity index (χ2v) is 5.66. The molecular formula is C14H29NO2. The first-order chi connectivity index (χ1) is 8.08. The maximum atomic E-state index is 5.29. The highest BCUT2D eigenvalue weighted by molar-refractivity contribution is 4.82. The van der Waals surface area contributed by atoms with Gasteiger partial charge in [-0.1, -0.05) is 26.7 Å². The van der Waals surface area contributed by atoms with E-state index in [0.717, 1.165) is 11.8 Å². The van der Waals surface area contributed by atoms with Crippen molar-refractivity contribution in [1.82, 2.24) is 5.32 Å². The summed E-state index contributed by atoms with van der Waals surface area (Å²) in [5.41, 5.74) is 0. The summed E-state index contributed by atoms with van der Waals surface area (Å²) in [6.07, 6.45) is 5.17. The summed E-state index contributed by atoms with van der Waals surface area (Å²) in [4.78, 5) is 0. The van der Waals surface area contributed by atoms with Gasteiger partial charge in [0.25, 0.3) is 0 Å². The molecule has 0 saturated heterocycles. The molecule has 0 aromatic rings. The Labute approximate surface area is 106 Å². The van der Waals surface area contributed by atoms with Gasteiger partial charge in [0.1, 0.15) is 0 Å². The van der Waals surface area contributed by atoms with E-state index in [1.807, 2.05) is 0 Å². The predicted octanol–water partition coefficient (Wildman–Crippen LogP) is 2.80. The number of rotatable bonds is 6. The van der Waals surface area contributed by atoms with Gasteiger partial charge in [-0.2, -0.15) is 0 Å². The van der Waals surface area contributed by atoms with Crippen molar-refractivity contribution in [3.8, 4) is 0 Å². The molecule has 1 N–H and O–H groups in total. The van der Waals surface area contributed by atoms with E-state index in [1.54, 1.807) is 14.2 Å². The van der Waals surface area contributed by atoms with Crippen molar-refractivity contribution in [3.05, 3.63) is 0 Å². The molecule has 0 heterocycles. The third kappa shape index (κ3) is 4.57. The van der Waals surface area contributed by atoms with Crippen molar-refractivity contribution in [2.24, 2.45) is 11.8 Å². The lowest BCUT2D eigenvalue weighted by Crippen LogP contribution is -2.47. The van der Waals surface area contributed by atoms with Gasteiger partial charge in [0.15, 0.2) is 6.29 Å². The summed E-state index contributed by atoms with van der Waals surface area (Å²) in [6.45, 7) is 6.81. The van der Waals surface area contributed by atoms with Crippen molar-refractivity contribution >= 4 is 0 Å². The zero-order valence-corrected chi connectivity index (χ0v) is 12.0. The fraction of sp³-hybridized carbons (Fsp3) is 1.00. The molecule has 3 unspecified atom stereocenters. The van der Waals surface area contributed by atoms with Gasteiger partial charge in [-0.05, 0) is 31.6 Å². The fourth-order valence-corrected chi connectivity index (χ4v) is 2.94. The van der Waals surface area contributed by atoms with Gasteiger partial charge in [-0.15, -0.1) is 0 Å². The molecule has 17 heavy (non-hydrogen) atoms. The highest BCUT2D eigenvalue weighted by atomic mass is 16.7. The second kappa shape index (κ2) is 7.34. The van der Waals surface area contributed by atoms with E-state index in [2.05, 4.69) is 26.1 Å². The highest BCUT2D eigenvalue weighted by Gasteiger charge is 2.26. The van der Waals surface area contributed by atoms with E-state index in [1.165, 1.54) is 25.7 Å². The molecule has 0 aromatic heterocycles. The van der Waals surface area contributed by atoms with E-state index in [-0.39, 0.29) is 12.3 Å². The first-order valence-electron chi connectivity index (χ1n) is 6.90. The minimum absolute atomic E-state index is 0.144. The third-order valence-corrected chi connectivity index (χ3v) is 4.03. The first kappa shape index (κ1) is 14.9. The van der Waals surface area contributed by atoms with E-state index >= 15 is 0 Å². The second-order valence-electron chi connectivity index (χ2n) is 5.66. The lowest BCUT2D eigenvalue weighted by atomic mass is 9.79. The van der Waals surface area contributed by atoms with E-state index < -0.39 is 0 Å². The highest BCUT2D eigenvalue weighted by Crippen LogP contribution is 2.30. The van der Waals surface area contributed by atoms with Crippen molar-refractivity contribution in [2.75, 3.05) is 14.2 Å². The van der Waals surface area contributed by atoms with E-state index in [0.29, 0.717) is 6.04 Å². The first-order valence-corrected chi connectivity index (χ1v) is 6.90. The molecule has 0 aromatic carbocycles. The number of methoxy groups -OCH3 is 2. The minimum Gasteiger partial charge on any atom is -0.354 e. The normalized spacial score (nSPS) is 27.7. The summed E-state index contributed by atoms with van der Waals surface area (Å²) in [5.74, 6) is 1.67. The van der Waals surface area contributed by atoms with Crippen LogP contribution in [0.15, 0.2) is 0 Å². The van der Waals surface area contributed by atoms with Crippen LogP contribution in [0.3, 0.4) is 0 Å². The Morgan fingerprint density at radius 1 is 1.06 bits per heavy atom. The molecule has 1 rings (SSSR count). The van der Waals surface area contributed by atoms with Crippen LogP contribution >= 0.6 is 0 Å². The summed E-state index contributed by atoms with van der Waals surface area (Å²) in [6, 6.07) is 0.875. The Morgan fingerprint density at radius 2 is 1.71 bits per heavy atom. The van der Waals surface area contributed by atoms with Crippen molar-refractivity contribution < 1.29 is 9.47 Å². The quantitative estimate of drug-likeness (QED) is 0.728. The van der Waals surface area contributed by atoms with Gasteiger partial charge < -0.3 is 14.8 Å². The van der Waals surface area contributed by atoms with Gasteiger partial charge in [0, 0.05) is 20.3 Å². The van der Waals surface area contributed by atoms with Gasteiger partial charge in [0.05, 0.1) is 6.04 Å². The van der Waals surface area contributed by atoms with Crippen LogP contribution in [-0.4, -0.2) is 32.6 Å². The molecule has 3 nitrogen and oxygen atoms in total. The van der Waals surface area contributed by atoms with Gasteiger partial charge in [0.2, 0.25) is 0 Å². The molecule has 3 heteroatoms. The van der Waals surface area contributed by atoms with Crippen LogP contribution in [0.25, 0.3) is 0 Å². The van der Waals surface area contributed by atoms with E-state index in [4.69, 9.17) is 9.47 Å². The molecule has 1 aliphatic carbocycles. The molecular weight excluding hydrogens is 214 g/mol. The molecule has 0 bridgehead atoms. The standard InChI is InChI=1S/C14H29NO2/c1-10(2)12-7-6-8-13(9-12)15-11(3)14(16-4)17-5/h10-15H,6-9H2,1-5H3. The maximum absolute atomic E-state index is 5.29. The SMILES string of the molecule is COC(OC)C(C)NC1CCCC(C(C)C)C1. The zero-order valence-electron chi connectivity index (χ0n) is 12.0. The lowest BCUT2D eigenvalue weighted by molar-refractivity contribution is -0.121. The number of nitrogens with one attached hydrogen (secondary N) is 1. The predicted molar refractivity (Wildman–Crippen MR) is 71.0 cm³/mol. The van der Waals surface area contributed by atoms with Crippen LogP contribution in [-0.2, 0) is 9.47 Å². The maximum Gasteiger partial charge on any atom is 0.171 e. The molecule has 0 aliphatic heterocycles. The zero-order chi connectivity index (χ0) is 12.8. The Balaban J connectivity index is 2.40. The number of ether oxygens (including phenoxy) is 2. The summed E-state index contributed by atoms with van der Waals surface area (Å²) >= 11 is 0. The van der Waals surface area contributed by atoms with Crippen molar-refractivity contribution in [1.29, 1.82) is 0 Å². The average molecular weight is 243 g/mol. The van der Waals surface area contributed by atoms with Crippen molar-refractivity contribution in [2.45, 2.75) is 64.8 Å². The van der Waals surface area contributed by atoms with Crippen LogP contribution in [0.2, 0.25) is 0 Å². The molecule has 3 atom stereocenters. The van der Waals surface area contributed by atoms with Crippen LogP contribution in [0.5, 0.6) is 0 Å². The monoisotopic (exact) mass is 243 g/mol. The van der Waals surface area contributed by atoms with Gasteiger partial charge in [-0.3, -0.25) is 0 Å². The fourth-order valence-electron chi connectivity index (χ4n) is 2.94. The number of hydrogen-bond donors (Lipinski definition) is 1. The summed E-state index contributed by atoms with van der Waals surface area (Å²) in [7, 11) is 3.40. The van der Waals surface area contributed by atoms with Crippen LogP contribution in [0, 0.1) is 11.8 Å². The molecule has 0 amide bonds. The smallest absolute Gasteiger partial charge is 0.171 e. The minimum atomic E-state index is -0.144. The molecule has 102 valence electrons. The Hall–Kier alpha value is -0.120. The average Bonchev–Trinajstić information content (AvgIpc) is 2.30. The Bertz CT molecular complexity index is 204. The van der Waals surface area contributed by atoms with Gasteiger partial charge >= 0.3 is 0 Å². The van der Waals surface area contributed by atoms with E-state index in [9.17, 15) is 0 Å². The Kier molecular flexibility index (Phi) is 6.45. The van der Waals surface area contributed by atoms with Crippen LogP contribution in [0.1, 0.15) is 46.5 Å². The third-order valence-electron chi connectivity index (χ3n) is 4.03. The molecule has 0 spiro atoms. The van der Waals surface area contributed by atoms with Gasteiger partial charge in [-0.25, -0.2) is 0 Å². The lowest BCUT2D eigenvalue weighted by Gasteiger charge is -2.35. The summed E-state index contributed by atoms with van der Waals surface area (Å²) < 4.78 is 10.6. The molecule has 1 aliphatic rings. The number of hydrogen-bond acceptors (Lipinski definition) is 3. The summed E-state index contributed by atoms with van der Waals surface area (Å²) in [5, 5.41) is 3.66. The molecule has 1 saturated carbocycles. The van der Waals surface area contributed by atoms with Crippen molar-refractivity contribution in [3.63, 3.8) is 0 Å². The molecule has 0 radical (unpaired) electrons. The van der Waals surface area contributed by atoms with Crippen LogP contribution < -0.4 is 5.32 Å². The largest absolute Gasteiger partial charge is 0.354 e.